The van der Waals surface area contributed by atoms with Crippen molar-refractivity contribution in [3.05, 3.63) is 36.4 Å². The van der Waals surface area contributed by atoms with E-state index in [4.69, 9.17) is 14.2 Å². The number of thioether (sulfide) groups is 1. The molecule has 3 rings (SSSR count). The first-order valence-corrected chi connectivity index (χ1v) is 10.3. The van der Waals surface area contributed by atoms with Crippen LogP contribution in [0, 0.1) is 0 Å². The summed E-state index contributed by atoms with van der Waals surface area (Å²) in [7, 11) is 4.58. The molecule has 1 aromatic heterocycles. The molecule has 9 heteroatoms. The molecule has 1 amide bonds. The monoisotopic (exact) mass is 428 g/mol. The van der Waals surface area contributed by atoms with E-state index < -0.39 is 0 Å². The number of nitrogens with one attached hydrogen (secondary N) is 2. The molecule has 0 aliphatic carbocycles. The summed E-state index contributed by atoms with van der Waals surface area (Å²) >= 11 is 1.27. The first-order chi connectivity index (χ1) is 14.6. The summed E-state index contributed by atoms with van der Waals surface area (Å²) in [5.74, 6) is 2.11. The molecule has 2 N–H and O–H groups in total. The molecule has 8 nitrogen and oxygen atoms in total. The highest BCUT2D eigenvalue weighted by atomic mass is 32.2. The van der Waals surface area contributed by atoms with Gasteiger partial charge in [-0.25, -0.2) is 9.97 Å². The van der Waals surface area contributed by atoms with Gasteiger partial charge in [0, 0.05) is 29.8 Å². The van der Waals surface area contributed by atoms with Crippen molar-refractivity contribution >= 4 is 40.1 Å². The molecule has 0 saturated heterocycles. The highest BCUT2D eigenvalue weighted by Crippen LogP contribution is 2.40. The molecule has 30 heavy (non-hydrogen) atoms. The van der Waals surface area contributed by atoms with Gasteiger partial charge in [-0.1, -0.05) is 23.9 Å². The third kappa shape index (κ3) is 4.85. The Morgan fingerprint density at radius 3 is 2.37 bits per heavy atom. The number of carbonyl (C=O) groups is 1. The van der Waals surface area contributed by atoms with Gasteiger partial charge in [-0.05, 0) is 19.1 Å². The molecule has 0 saturated carbocycles. The van der Waals surface area contributed by atoms with E-state index >= 15 is 0 Å². The zero-order valence-electron chi connectivity index (χ0n) is 17.3. The van der Waals surface area contributed by atoms with Crippen LogP contribution in [0.2, 0.25) is 0 Å². The van der Waals surface area contributed by atoms with Crippen LogP contribution in [0.1, 0.15) is 6.92 Å². The first-order valence-electron chi connectivity index (χ1n) is 9.32. The van der Waals surface area contributed by atoms with Crippen LogP contribution in [0.5, 0.6) is 17.2 Å². The number of aromatic nitrogens is 2. The van der Waals surface area contributed by atoms with Gasteiger partial charge in [0.1, 0.15) is 5.82 Å². The Hall–Kier alpha value is -3.20. The van der Waals surface area contributed by atoms with Crippen LogP contribution in [0.25, 0.3) is 10.9 Å². The first kappa shape index (κ1) is 21.5. The number of carbonyl (C=O) groups excluding carboxylic acids is 1. The van der Waals surface area contributed by atoms with Crippen molar-refractivity contribution in [1.29, 1.82) is 0 Å². The molecule has 0 aliphatic rings. The number of hydrogen-bond donors (Lipinski definition) is 2. The molecule has 158 valence electrons. The van der Waals surface area contributed by atoms with Crippen molar-refractivity contribution in [3.8, 4) is 17.2 Å². The van der Waals surface area contributed by atoms with E-state index in [1.165, 1.54) is 33.1 Å². The Bertz CT molecular complexity index is 1020. The SMILES string of the molecule is CCNc1nc(SCC(=O)Nc2cc(OC)c(OC)c(OC)c2)nc2ccccc12. The molecule has 0 fully saturated rings. The Morgan fingerprint density at radius 1 is 1.03 bits per heavy atom. The van der Waals surface area contributed by atoms with E-state index in [1.807, 2.05) is 31.2 Å². The van der Waals surface area contributed by atoms with Gasteiger partial charge in [0.25, 0.3) is 0 Å². The van der Waals surface area contributed by atoms with Crippen molar-refractivity contribution < 1.29 is 19.0 Å². The van der Waals surface area contributed by atoms with Gasteiger partial charge in [-0.15, -0.1) is 0 Å². The summed E-state index contributed by atoms with van der Waals surface area (Å²) in [6.07, 6.45) is 0. The minimum absolute atomic E-state index is 0.153. The highest BCUT2D eigenvalue weighted by Gasteiger charge is 2.15. The molecular weight excluding hydrogens is 404 g/mol. The van der Waals surface area contributed by atoms with E-state index in [0.29, 0.717) is 28.1 Å². The number of methoxy groups -OCH3 is 3. The topological polar surface area (TPSA) is 94.6 Å². The molecular formula is C21H24N4O4S. The van der Waals surface area contributed by atoms with E-state index in [0.717, 1.165) is 23.3 Å². The van der Waals surface area contributed by atoms with Gasteiger partial charge in [-0.3, -0.25) is 4.79 Å². The van der Waals surface area contributed by atoms with Crippen molar-refractivity contribution in [3.63, 3.8) is 0 Å². The van der Waals surface area contributed by atoms with E-state index in [2.05, 4.69) is 20.6 Å². The lowest BCUT2D eigenvalue weighted by Crippen LogP contribution is -2.15. The zero-order chi connectivity index (χ0) is 21.5. The Morgan fingerprint density at radius 2 is 1.73 bits per heavy atom. The summed E-state index contributed by atoms with van der Waals surface area (Å²) in [6, 6.07) is 11.1. The fourth-order valence-corrected chi connectivity index (χ4v) is 3.55. The smallest absolute Gasteiger partial charge is 0.234 e. The maximum atomic E-state index is 12.5. The molecule has 0 atom stereocenters. The number of rotatable bonds is 9. The average molecular weight is 429 g/mol. The third-order valence-corrected chi connectivity index (χ3v) is 5.06. The molecule has 0 unspecified atom stereocenters. The Labute approximate surface area is 179 Å². The lowest BCUT2D eigenvalue weighted by Gasteiger charge is -2.14. The molecule has 0 bridgehead atoms. The second-order valence-corrected chi connectivity index (χ2v) is 7.10. The fraction of sp³-hybridized carbons (Fsp3) is 0.286. The summed E-state index contributed by atoms with van der Waals surface area (Å²) < 4.78 is 15.9. The number of anilines is 2. The number of benzene rings is 2. The number of amides is 1. The molecule has 0 spiro atoms. The van der Waals surface area contributed by atoms with E-state index in [-0.39, 0.29) is 11.7 Å². The largest absolute Gasteiger partial charge is 0.493 e. The molecule has 2 aromatic carbocycles. The Kier molecular flexibility index (Phi) is 7.18. The lowest BCUT2D eigenvalue weighted by atomic mass is 10.2. The minimum Gasteiger partial charge on any atom is -0.493 e. The van der Waals surface area contributed by atoms with Crippen molar-refractivity contribution in [2.24, 2.45) is 0 Å². The normalized spacial score (nSPS) is 10.5. The van der Waals surface area contributed by atoms with Crippen LogP contribution < -0.4 is 24.8 Å². The van der Waals surface area contributed by atoms with Gasteiger partial charge in [-0.2, -0.15) is 0 Å². The van der Waals surface area contributed by atoms with Crippen LogP contribution >= 0.6 is 11.8 Å². The van der Waals surface area contributed by atoms with Crippen molar-refractivity contribution in [2.75, 3.05) is 44.3 Å². The van der Waals surface area contributed by atoms with E-state index in [1.54, 1.807) is 12.1 Å². The molecule has 0 radical (unpaired) electrons. The van der Waals surface area contributed by atoms with Crippen LogP contribution in [-0.2, 0) is 4.79 Å². The van der Waals surface area contributed by atoms with Crippen LogP contribution in [0.15, 0.2) is 41.6 Å². The van der Waals surface area contributed by atoms with Crippen LogP contribution in [0.4, 0.5) is 11.5 Å². The van der Waals surface area contributed by atoms with Gasteiger partial charge in [0.05, 0.1) is 32.6 Å². The second-order valence-electron chi connectivity index (χ2n) is 6.15. The average Bonchev–Trinajstić information content (AvgIpc) is 2.77. The highest BCUT2D eigenvalue weighted by molar-refractivity contribution is 7.99. The number of nitrogens with zero attached hydrogens (tertiary/aromatic N) is 2. The van der Waals surface area contributed by atoms with Crippen LogP contribution in [-0.4, -0.2) is 49.5 Å². The fourth-order valence-electron chi connectivity index (χ4n) is 2.90. The summed E-state index contributed by atoms with van der Waals surface area (Å²) in [6.45, 7) is 2.75. The Balaban J connectivity index is 1.73. The minimum atomic E-state index is -0.198. The summed E-state index contributed by atoms with van der Waals surface area (Å²) in [4.78, 5) is 21.6. The van der Waals surface area contributed by atoms with Gasteiger partial charge >= 0.3 is 0 Å². The summed E-state index contributed by atoms with van der Waals surface area (Å²) in [5.41, 5.74) is 1.37. The van der Waals surface area contributed by atoms with Gasteiger partial charge in [0.2, 0.25) is 11.7 Å². The van der Waals surface area contributed by atoms with Gasteiger partial charge < -0.3 is 24.8 Å². The quantitative estimate of drug-likeness (QED) is 0.392. The van der Waals surface area contributed by atoms with E-state index in [9.17, 15) is 4.79 Å². The number of fused-ring (bicyclic) bond motifs is 1. The van der Waals surface area contributed by atoms with Crippen molar-refractivity contribution in [1.82, 2.24) is 9.97 Å². The van der Waals surface area contributed by atoms with Gasteiger partial charge in [0.15, 0.2) is 16.7 Å². The number of hydrogen-bond acceptors (Lipinski definition) is 8. The lowest BCUT2D eigenvalue weighted by molar-refractivity contribution is -0.113. The molecule has 0 aliphatic heterocycles. The third-order valence-electron chi connectivity index (χ3n) is 4.21. The number of para-hydroxylation sites is 1. The number of ether oxygens (including phenoxy) is 3. The zero-order valence-corrected chi connectivity index (χ0v) is 18.1. The molecule has 3 aromatic rings. The predicted octanol–water partition coefficient (Wildman–Crippen LogP) is 3.82. The predicted molar refractivity (Wildman–Crippen MR) is 119 cm³/mol. The maximum Gasteiger partial charge on any atom is 0.234 e. The summed E-state index contributed by atoms with van der Waals surface area (Å²) in [5, 5.41) is 7.57. The maximum absolute atomic E-state index is 12.5. The van der Waals surface area contributed by atoms with Crippen molar-refractivity contribution in [2.45, 2.75) is 12.1 Å². The standard InChI is InChI=1S/C21H24N4O4S/c1-5-22-20-14-8-6-7-9-15(14)24-21(25-20)30-12-18(26)23-13-10-16(27-2)19(29-4)17(11-13)28-3/h6-11H,5,12H2,1-4H3,(H,23,26)(H,22,24,25). The second kappa shape index (κ2) is 10.0. The molecule has 1 heterocycles. The van der Waals surface area contributed by atoms with Crippen LogP contribution in [0.3, 0.4) is 0 Å².